The molecule has 2 amide bonds. The Morgan fingerprint density at radius 2 is 1.80 bits per heavy atom. The van der Waals surface area contributed by atoms with Gasteiger partial charge in [-0.2, -0.15) is 0 Å². The Bertz CT molecular complexity index is 365. The maximum Gasteiger partial charge on any atom is 0.239 e. The highest BCUT2D eigenvalue weighted by atomic mass is 32.1. The smallest absolute Gasteiger partial charge is 0.239 e. The number of hydrogen-bond acceptors (Lipinski definition) is 3. The normalized spacial score (nSPS) is 11.3. The van der Waals surface area contributed by atoms with Crippen molar-refractivity contribution in [1.29, 1.82) is 0 Å². The molecule has 116 valence electrons. The zero-order chi connectivity index (χ0) is 15.9. The van der Waals surface area contributed by atoms with Crippen molar-refractivity contribution in [2.75, 3.05) is 20.1 Å². The summed E-state index contributed by atoms with van der Waals surface area (Å²) in [6.45, 7) is 8.42. The Labute approximate surface area is 127 Å². The quantitative estimate of drug-likeness (QED) is 0.663. The van der Waals surface area contributed by atoms with E-state index in [2.05, 4.69) is 5.32 Å². The van der Waals surface area contributed by atoms with E-state index in [4.69, 9.17) is 18.0 Å². The van der Waals surface area contributed by atoms with Crippen LogP contribution in [0.1, 0.15) is 40.5 Å². The van der Waals surface area contributed by atoms with Crippen LogP contribution in [0.3, 0.4) is 0 Å². The highest BCUT2D eigenvalue weighted by Crippen LogP contribution is 2.29. The standard InChI is InChI=1S/C14H27N3O2S/c1-6-14(7-2,12(15)20)13(19)17(5)9-11(18)16-8-10(3)4/h10H,6-9H2,1-5H3,(H2,15,20)(H,16,18). The Kier molecular flexibility index (Phi) is 7.71. The number of amides is 2. The lowest BCUT2D eigenvalue weighted by Gasteiger charge is -2.33. The van der Waals surface area contributed by atoms with Gasteiger partial charge in [-0.05, 0) is 18.8 Å². The molecule has 0 spiro atoms. The number of likely N-dealkylation sites (N-methyl/N-ethyl adjacent to an activating group) is 1. The third-order valence-electron chi connectivity index (χ3n) is 3.52. The second-order valence-corrected chi connectivity index (χ2v) is 5.95. The summed E-state index contributed by atoms with van der Waals surface area (Å²) in [5, 5.41) is 2.79. The molecule has 0 atom stereocenters. The highest BCUT2D eigenvalue weighted by molar-refractivity contribution is 7.80. The van der Waals surface area contributed by atoms with Crippen molar-refractivity contribution in [3.8, 4) is 0 Å². The number of nitrogens with one attached hydrogen (secondary N) is 1. The summed E-state index contributed by atoms with van der Waals surface area (Å²) in [5.74, 6) is 0.0234. The molecule has 6 heteroatoms. The van der Waals surface area contributed by atoms with Crippen LogP contribution in [0.2, 0.25) is 0 Å². The van der Waals surface area contributed by atoms with Gasteiger partial charge >= 0.3 is 0 Å². The lowest BCUT2D eigenvalue weighted by molar-refractivity contribution is -0.140. The minimum Gasteiger partial charge on any atom is -0.392 e. The monoisotopic (exact) mass is 301 g/mol. The Morgan fingerprint density at radius 1 is 1.30 bits per heavy atom. The summed E-state index contributed by atoms with van der Waals surface area (Å²) in [6, 6.07) is 0. The predicted octanol–water partition coefficient (Wildman–Crippen LogP) is 1.31. The third kappa shape index (κ3) is 4.74. The SMILES string of the molecule is CCC(CC)(C(=O)N(C)CC(=O)NCC(C)C)C(N)=S. The van der Waals surface area contributed by atoms with E-state index in [1.165, 1.54) is 4.90 Å². The number of nitrogens with zero attached hydrogens (tertiary/aromatic N) is 1. The second-order valence-electron chi connectivity index (χ2n) is 5.51. The fraction of sp³-hybridized carbons (Fsp3) is 0.786. The molecule has 0 saturated heterocycles. The first kappa shape index (κ1) is 18.8. The van der Waals surface area contributed by atoms with Crippen LogP contribution in [0.15, 0.2) is 0 Å². The molecule has 0 aromatic heterocycles. The highest BCUT2D eigenvalue weighted by Gasteiger charge is 2.40. The van der Waals surface area contributed by atoms with Crippen molar-refractivity contribution in [1.82, 2.24) is 10.2 Å². The average Bonchev–Trinajstić information content (AvgIpc) is 2.37. The molecule has 0 radical (unpaired) electrons. The van der Waals surface area contributed by atoms with E-state index in [0.29, 0.717) is 25.3 Å². The first-order chi connectivity index (χ1) is 9.21. The van der Waals surface area contributed by atoms with Gasteiger partial charge in [0, 0.05) is 13.6 Å². The summed E-state index contributed by atoms with van der Waals surface area (Å²) in [4.78, 5) is 25.9. The van der Waals surface area contributed by atoms with Crippen molar-refractivity contribution < 1.29 is 9.59 Å². The summed E-state index contributed by atoms with van der Waals surface area (Å²) in [5.41, 5.74) is 4.90. The second kappa shape index (κ2) is 8.19. The molecule has 3 N–H and O–H groups in total. The van der Waals surface area contributed by atoms with Crippen molar-refractivity contribution >= 4 is 29.0 Å². The first-order valence-electron chi connectivity index (χ1n) is 7.03. The number of nitrogens with two attached hydrogens (primary N) is 1. The molecule has 0 aliphatic rings. The lowest BCUT2D eigenvalue weighted by Crippen LogP contribution is -2.51. The Hall–Kier alpha value is -1.17. The number of thiocarbonyl (C=S) groups is 1. The van der Waals surface area contributed by atoms with Crippen molar-refractivity contribution in [3.05, 3.63) is 0 Å². The Balaban J connectivity index is 4.75. The van der Waals surface area contributed by atoms with Gasteiger partial charge in [-0.1, -0.05) is 39.9 Å². The molecule has 0 bridgehead atoms. The maximum absolute atomic E-state index is 12.5. The summed E-state index contributed by atoms with van der Waals surface area (Å²) < 4.78 is 0. The van der Waals surface area contributed by atoms with Crippen LogP contribution in [0.4, 0.5) is 0 Å². The van der Waals surface area contributed by atoms with Gasteiger partial charge in [-0.3, -0.25) is 9.59 Å². The summed E-state index contributed by atoms with van der Waals surface area (Å²) in [6.07, 6.45) is 1.07. The van der Waals surface area contributed by atoms with Crippen molar-refractivity contribution in [2.24, 2.45) is 17.1 Å². The van der Waals surface area contributed by atoms with Gasteiger partial charge in [0.05, 0.1) is 16.9 Å². The van der Waals surface area contributed by atoms with Crippen LogP contribution < -0.4 is 11.1 Å². The summed E-state index contributed by atoms with van der Waals surface area (Å²) >= 11 is 5.05. The van der Waals surface area contributed by atoms with E-state index in [-0.39, 0.29) is 23.3 Å². The van der Waals surface area contributed by atoms with Gasteiger partial charge in [0.2, 0.25) is 11.8 Å². The zero-order valence-corrected chi connectivity index (χ0v) is 14.0. The van der Waals surface area contributed by atoms with Crippen LogP contribution in [0, 0.1) is 11.3 Å². The number of carbonyl (C=O) groups excluding carboxylic acids is 2. The van der Waals surface area contributed by atoms with Gasteiger partial charge < -0.3 is 16.0 Å². The largest absolute Gasteiger partial charge is 0.392 e. The first-order valence-corrected chi connectivity index (χ1v) is 7.44. The van der Waals surface area contributed by atoms with Gasteiger partial charge in [0.15, 0.2) is 0 Å². The van der Waals surface area contributed by atoms with E-state index in [1.54, 1.807) is 7.05 Å². The van der Waals surface area contributed by atoms with Gasteiger partial charge in [-0.15, -0.1) is 0 Å². The molecule has 0 fully saturated rings. The third-order valence-corrected chi connectivity index (χ3v) is 3.91. The molecular weight excluding hydrogens is 274 g/mol. The van der Waals surface area contributed by atoms with Gasteiger partial charge in [0.25, 0.3) is 0 Å². The van der Waals surface area contributed by atoms with E-state index in [1.807, 2.05) is 27.7 Å². The molecule has 0 saturated carbocycles. The zero-order valence-electron chi connectivity index (χ0n) is 13.2. The fourth-order valence-corrected chi connectivity index (χ4v) is 2.41. The fourth-order valence-electron chi connectivity index (χ4n) is 2.03. The molecule has 0 aliphatic carbocycles. The van der Waals surface area contributed by atoms with Crippen LogP contribution in [0.5, 0.6) is 0 Å². The van der Waals surface area contributed by atoms with E-state index >= 15 is 0 Å². The summed E-state index contributed by atoms with van der Waals surface area (Å²) in [7, 11) is 1.61. The van der Waals surface area contributed by atoms with Crippen molar-refractivity contribution in [3.63, 3.8) is 0 Å². The number of carbonyl (C=O) groups is 2. The van der Waals surface area contributed by atoms with Crippen LogP contribution in [-0.2, 0) is 9.59 Å². The predicted molar refractivity (Wildman–Crippen MR) is 85.3 cm³/mol. The topological polar surface area (TPSA) is 75.4 Å². The molecular formula is C14H27N3O2S. The lowest BCUT2D eigenvalue weighted by atomic mass is 9.81. The van der Waals surface area contributed by atoms with Crippen LogP contribution in [-0.4, -0.2) is 41.8 Å². The maximum atomic E-state index is 12.5. The van der Waals surface area contributed by atoms with Crippen LogP contribution >= 0.6 is 12.2 Å². The number of hydrogen-bond donors (Lipinski definition) is 2. The van der Waals surface area contributed by atoms with Gasteiger partial charge in [0.1, 0.15) is 0 Å². The van der Waals surface area contributed by atoms with E-state index in [0.717, 1.165) is 0 Å². The Morgan fingerprint density at radius 3 is 2.15 bits per heavy atom. The minimum atomic E-state index is -0.845. The molecule has 0 aromatic carbocycles. The molecule has 0 rings (SSSR count). The molecule has 0 heterocycles. The number of rotatable bonds is 8. The minimum absolute atomic E-state index is 0.0237. The molecule has 0 unspecified atom stereocenters. The van der Waals surface area contributed by atoms with Crippen molar-refractivity contribution in [2.45, 2.75) is 40.5 Å². The van der Waals surface area contributed by atoms with E-state index in [9.17, 15) is 9.59 Å². The average molecular weight is 301 g/mol. The molecule has 20 heavy (non-hydrogen) atoms. The molecule has 0 aromatic rings. The van der Waals surface area contributed by atoms with Gasteiger partial charge in [-0.25, -0.2) is 0 Å². The van der Waals surface area contributed by atoms with Crippen LogP contribution in [0.25, 0.3) is 0 Å². The molecule has 0 aliphatic heterocycles. The molecule has 5 nitrogen and oxygen atoms in total. The van der Waals surface area contributed by atoms with E-state index < -0.39 is 5.41 Å².